The van der Waals surface area contributed by atoms with Gasteiger partial charge in [-0.25, -0.2) is 18.1 Å². The summed E-state index contributed by atoms with van der Waals surface area (Å²) >= 11 is 0. The van der Waals surface area contributed by atoms with Crippen molar-refractivity contribution >= 4 is 26.6 Å². The fourth-order valence-electron chi connectivity index (χ4n) is 3.80. The maximum Gasteiger partial charge on any atom is 0.419 e. The van der Waals surface area contributed by atoms with E-state index < -0.39 is 21.8 Å². The molecule has 2 aromatic carbocycles. The van der Waals surface area contributed by atoms with Crippen LogP contribution in [0.1, 0.15) is 11.1 Å². The summed E-state index contributed by atoms with van der Waals surface area (Å²) in [5.74, 6) is 0.958. The first-order valence-electron chi connectivity index (χ1n) is 11.4. The predicted molar refractivity (Wildman–Crippen MR) is 135 cm³/mol. The first kappa shape index (κ1) is 26.0. The summed E-state index contributed by atoms with van der Waals surface area (Å²) in [6, 6.07) is 14.8. The molecule has 0 aliphatic carbocycles. The van der Waals surface area contributed by atoms with Crippen LogP contribution < -0.4 is 14.2 Å². The zero-order valence-electron chi connectivity index (χ0n) is 20.5. The van der Waals surface area contributed by atoms with E-state index in [9.17, 15) is 21.6 Å². The Morgan fingerprint density at radius 1 is 1.03 bits per heavy atom. The van der Waals surface area contributed by atoms with Gasteiger partial charge in [-0.3, -0.25) is 9.40 Å². The van der Waals surface area contributed by atoms with Crippen molar-refractivity contribution in [3.05, 3.63) is 84.3 Å². The molecule has 14 heteroatoms. The van der Waals surface area contributed by atoms with Crippen molar-refractivity contribution in [2.45, 2.75) is 17.7 Å². The van der Waals surface area contributed by atoms with Crippen molar-refractivity contribution in [2.75, 3.05) is 11.8 Å². The van der Waals surface area contributed by atoms with E-state index in [1.807, 2.05) is 12.1 Å². The number of rotatable bonds is 8. The number of halogens is 3. The van der Waals surface area contributed by atoms with Gasteiger partial charge in [0.1, 0.15) is 17.3 Å². The first-order valence-corrected chi connectivity index (χ1v) is 12.9. The Labute approximate surface area is 220 Å². The van der Waals surface area contributed by atoms with Gasteiger partial charge < -0.3 is 9.47 Å². The standard InChI is InChI=1S/C25H21F3N6O4S/c1-33-21-5-3-4-20(23(21)24(31-33)38-15-16-6-8-18(37-2)9-7-16)32-39(35,36)19-10-11-22(29-13-19)34-14-17(12-30-34)25(26,27)28/h3-14,32H,15H2,1-2H3. The van der Waals surface area contributed by atoms with Gasteiger partial charge in [0.15, 0.2) is 5.82 Å². The first-order chi connectivity index (χ1) is 18.5. The maximum atomic E-state index is 13.2. The topological polar surface area (TPSA) is 113 Å². The van der Waals surface area contributed by atoms with E-state index in [1.54, 1.807) is 49.2 Å². The van der Waals surface area contributed by atoms with Crippen molar-refractivity contribution in [3.63, 3.8) is 0 Å². The monoisotopic (exact) mass is 558 g/mol. The summed E-state index contributed by atoms with van der Waals surface area (Å²) in [4.78, 5) is 3.78. The zero-order valence-corrected chi connectivity index (χ0v) is 21.4. The Morgan fingerprint density at radius 3 is 2.44 bits per heavy atom. The Kier molecular flexibility index (Phi) is 6.64. The van der Waals surface area contributed by atoms with E-state index in [2.05, 4.69) is 19.9 Å². The van der Waals surface area contributed by atoms with Crippen molar-refractivity contribution < 1.29 is 31.1 Å². The molecule has 39 heavy (non-hydrogen) atoms. The number of aromatic nitrogens is 5. The molecule has 0 aliphatic heterocycles. The zero-order chi connectivity index (χ0) is 27.8. The second-order valence-corrected chi connectivity index (χ2v) is 10.1. The van der Waals surface area contributed by atoms with Crippen LogP contribution >= 0.6 is 0 Å². The van der Waals surface area contributed by atoms with Crippen LogP contribution in [-0.2, 0) is 29.9 Å². The molecule has 10 nitrogen and oxygen atoms in total. The average Bonchev–Trinajstić information content (AvgIpc) is 3.54. The number of nitrogens with one attached hydrogen (secondary N) is 1. The number of benzene rings is 2. The fraction of sp³-hybridized carbons (Fsp3) is 0.160. The molecule has 202 valence electrons. The third kappa shape index (κ3) is 5.36. The summed E-state index contributed by atoms with van der Waals surface area (Å²) in [6.45, 7) is 0.187. The molecular formula is C25H21F3N6O4S. The third-order valence-electron chi connectivity index (χ3n) is 5.80. The van der Waals surface area contributed by atoms with Crippen LogP contribution in [0.3, 0.4) is 0 Å². The molecule has 0 saturated carbocycles. The van der Waals surface area contributed by atoms with Crippen LogP contribution in [0.4, 0.5) is 18.9 Å². The van der Waals surface area contributed by atoms with Crippen molar-refractivity contribution in [2.24, 2.45) is 7.05 Å². The van der Waals surface area contributed by atoms with Gasteiger partial charge in [0.05, 0.1) is 35.5 Å². The quantitative estimate of drug-likeness (QED) is 0.297. The van der Waals surface area contributed by atoms with Crippen LogP contribution in [0, 0.1) is 0 Å². The number of methoxy groups -OCH3 is 1. The van der Waals surface area contributed by atoms with Crippen molar-refractivity contribution in [1.82, 2.24) is 24.5 Å². The van der Waals surface area contributed by atoms with Crippen LogP contribution in [0.2, 0.25) is 0 Å². The summed E-state index contributed by atoms with van der Waals surface area (Å²) < 4.78 is 81.1. The number of aryl methyl sites for hydroxylation is 1. The highest BCUT2D eigenvalue weighted by molar-refractivity contribution is 7.92. The Balaban J connectivity index is 1.39. The van der Waals surface area contributed by atoms with Gasteiger partial charge in [0.2, 0.25) is 5.88 Å². The Morgan fingerprint density at radius 2 is 1.79 bits per heavy atom. The van der Waals surface area contributed by atoms with E-state index in [-0.39, 0.29) is 28.9 Å². The number of nitrogens with zero attached hydrogens (tertiary/aromatic N) is 5. The molecular weight excluding hydrogens is 537 g/mol. The highest BCUT2D eigenvalue weighted by Crippen LogP contribution is 2.34. The number of hydrogen-bond donors (Lipinski definition) is 1. The third-order valence-corrected chi connectivity index (χ3v) is 7.15. The highest BCUT2D eigenvalue weighted by atomic mass is 32.2. The molecule has 3 heterocycles. The lowest BCUT2D eigenvalue weighted by molar-refractivity contribution is -0.137. The van der Waals surface area contributed by atoms with Gasteiger partial charge in [0.25, 0.3) is 10.0 Å². The van der Waals surface area contributed by atoms with Crippen LogP contribution in [0.5, 0.6) is 11.6 Å². The number of alkyl halides is 3. The number of anilines is 1. The number of sulfonamides is 1. The average molecular weight is 559 g/mol. The second kappa shape index (κ2) is 9.94. The summed E-state index contributed by atoms with van der Waals surface area (Å²) in [6.07, 6.45) is -2.09. The Bertz CT molecular complexity index is 1730. The molecule has 0 amide bonds. The molecule has 5 rings (SSSR count). The predicted octanol–water partition coefficient (Wildman–Crippen LogP) is 4.56. The molecule has 0 fully saturated rings. The molecule has 0 spiro atoms. The molecule has 0 radical (unpaired) electrons. The summed E-state index contributed by atoms with van der Waals surface area (Å²) in [7, 11) is -0.847. The number of fused-ring (bicyclic) bond motifs is 1. The van der Waals surface area contributed by atoms with Gasteiger partial charge in [-0.05, 0) is 42.0 Å². The van der Waals surface area contributed by atoms with Gasteiger partial charge in [-0.1, -0.05) is 18.2 Å². The highest BCUT2D eigenvalue weighted by Gasteiger charge is 2.32. The van der Waals surface area contributed by atoms with Crippen LogP contribution in [-0.4, -0.2) is 40.1 Å². The van der Waals surface area contributed by atoms with Gasteiger partial charge in [-0.2, -0.15) is 18.3 Å². The van der Waals surface area contributed by atoms with E-state index in [4.69, 9.17) is 9.47 Å². The van der Waals surface area contributed by atoms with Crippen LogP contribution in [0.15, 0.2) is 78.1 Å². The summed E-state index contributed by atoms with van der Waals surface area (Å²) in [5.41, 5.74) is 0.777. The van der Waals surface area contributed by atoms with Gasteiger partial charge in [0, 0.05) is 19.4 Å². The lowest BCUT2D eigenvalue weighted by Gasteiger charge is -2.11. The molecule has 3 aromatic heterocycles. The largest absolute Gasteiger partial charge is 0.497 e. The van der Waals surface area contributed by atoms with E-state index in [0.717, 1.165) is 22.6 Å². The lowest BCUT2D eigenvalue weighted by Crippen LogP contribution is -2.14. The van der Waals surface area contributed by atoms with E-state index >= 15 is 0 Å². The molecule has 0 unspecified atom stereocenters. The molecule has 1 N–H and O–H groups in total. The summed E-state index contributed by atoms with van der Waals surface area (Å²) in [5, 5.41) is 8.50. The van der Waals surface area contributed by atoms with Crippen molar-refractivity contribution in [3.8, 4) is 17.4 Å². The number of ether oxygens (including phenoxy) is 2. The molecule has 0 atom stereocenters. The van der Waals surface area contributed by atoms with Gasteiger partial charge in [-0.15, -0.1) is 5.10 Å². The minimum atomic E-state index is -4.56. The normalized spacial score (nSPS) is 12.0. The van der Waals surface area contributed by atoms with Crippen molar-refractivity contribution in [1.29, 1.82) is 0 Å². The smallest absolute Gasteiger partial charge is 0.419 e. The number of pyridine rings is 1. The molecule has 5 aromatic rings. The lowest BCUT2D eigenvalue weighted by atomic mass is 10.2. The van der Waals surface area contributed by atoms with E-state index in [0.29, 0.717) is 22.8 Å². The molecule has 0 aliphatic rings. The fourth-order valence-corrected chi connectivity index (χ4v) is 4.82. The minimum absolute atomic E-state index is 0.0213. The molecule has 0 saturated heterocycles. The van der Waals surface area contributed by atoms with Gasteiger partial charge >= 0.3 is 6.18 Å². The SMILES string of the molecule is COc1ccc(COc2nn(C)c3cccc(NS(=O)(=O)c4ccc(-n5cc(C(F)(F)F)cn5)nc4)c23)cc1. The maximum absolute atomic E-state index is 13.2. The van der Waals surface area contributed by atoms with Crippen LogP contribution in [0.25, 0.3) is 16.7 Å². The minimum Gasteiger partial charge on any atom is -0.497 e. The number of hydrogen-bond acceptors (Lipinski definition) is 7. The molecule has 0 bridgehead atoms. The Hall–Kier alpha value is -4.59. The second-order valence-electron chi connectivity index (χ2n) is 8.39. The van der Waals surface area contributed by atoms with E-state index in [1.165, 1.54) is 12.1 Å².